The van der Waals surface area contributed by atoms with Gasteiger partial charge >= 0.3 is 0 Å². The fourth-order valence-corrected chi connectivity index (χ4v) is 4.09. The zero-order chi connectivity index (χ0) is 13.2. The molecule has 1 aromatic carbocycles. The van der Waals surface area contributed by atoms with Crippen LogP contribution in [-0.2, 0) is 0 Å². The van der Waals surface area contributed by atoms with Crippen LogP contribution >= 0.6 is 27.3 Å². The predicted molar refractivity (Wildman–Crippen MR) is 84.8 cm³/mol. The number of aryl methyl sites for hydroxylation is 1. The molecule has 1 fully saturated rings. The van der Waals surface area contributed by atoms with E-state index in [0.717, 1.165) is 22.6 Å². The monoisotopic (exact) mass is 336 g/mol. The van der Waals surface area contributed by atoms with Crippen molar-refractivity contribution in [2.45, 2.75) is 25.7 Å². The zero-order valence-corrected chi connectivity index (χ0v) is 13.4. The van der Waals surface area contributed by atoms with Gasteiger partial charge in [-0.1, -0.05) is 28.1 Å². The second-order valence-corrected chi connectivity index (χ2v) is 6.95. The summed E-state index contributed by atoms with van der Waals surface area (Å²) in [5.74, 6) is 0.697. The molecule has 0 aliphatic carbocycles. The number of halogens is 1. The van der Waals surface area contributed by atoms with Crippen LogP contribution in [0.2, 0.25) is 0 Å². The van der Waals surface area contributed by atoms with E-state index in [-0.39, 0.29) is 0 Å². The van der Waals surface area contributed by atoms with Gasteiger partial charge in [-0.15, -0.1) is 11.3 Å². The highest BCUT2D eigenvalue weighted by Crippen LogP contribution is 2.36. The lowest BCUT2D eigenvalue weighted by molar-refractivity contribution is 0.463. The van der Waals surface area contributed by atoms with Crippen LogP contribution < -0.4 is 5.32 Å². The van der Waals surface area contributed by atoms with Crippen LogP contribution in [0.3, 0.4) is 0 Å². The summed E-state index contributed by atoms with van der Waals surface area (Å²) in [4.78, 5) is 6.25. The largest absolute Gasteiger partial charge is 0.317 e. The predicted octanol–water partition coefficient (Wildman–Crippen LogP) is 4.35. The van der Waals surface area contributed by atoms with Crippen molar-refractivity contribution >= 4 is 27.3 Å². The van der Waals surface area contributed by atoms with Crippen molar-refractivity contribution in [3.05, 3.63) is 39.3 Å². The molecule has 0 saturated carbocycles. The normalized spacial score (nSPS) is 16.7. The molecule has 2 nitrogen and oxygen atoms in total. The number of nitrogens with zero attached hydrogens (tertiary/aromatic N) is 1. The average molecular weight is 337 g/mol. The Bertz CT molecular complexity index is 556. The number of hydrogen-bond acceptors (Lipinski definition) is 3. The van der Waals surface area contributed by atoms with Gasteiger partial charge in [-0.05, 0) is 50.9 Å². The summed E-state index contributed by atoms with van der Waals surface area (Å²) in [6.07, 6.45) is 2.48. The molecule has 4 heteroatoms. The highest BCUT2D eigenvalue weighted by molar-refractivity contribution is 9.10. The van der Waals surface area contributed by atoms with E-state index < -0.39 is 0 Å². The van der Waals surface area contributed by atoms with Crippen LogP contribution in [0.25, 0.3) is 10.6 Å². The first kappa shape index (κ1) is 13.3. The van der Waals surface area contributed by atoms with Gasteiger partial charge in [-0.25, -0.2) is 4.98 Å². The summed E-state index contributed by atoms with van der Waals surface area (Å²) in [6, 6.07) is 8.43. The van der Waals surface area contributed by atoms with Crippen molar-refractivity contribution in [3.63, 3.8) is 0 Å². The van der Waals surface area contributed by atoms with E-state index in [2.05, 4.69) is 52.4 Å². The van der Waals surface area contributed by atoms with Crippen molar-refractivity contribution in [1.82, 2.24) is 10.3 Å². The number of aromatic nitrogens is 1. The first-order valence-electron chi connectivity index (χ1n) is 6.68. The van der Waals surface area contributed by atoms with E-state index in [4.69, 9.17) is 4.98 Å². The van der Waals surface area contributed by atoms with Gasteiger partial charge in [-0.3, -0.25) is 0 Å². The Morgan fingerprint density at radius 2 is 1.89 bits per heavy atom. The van der Waals surface area contributed by atoms with Gasteiger partial charge in [0.2, 0.25) is 0 Å². The number of piperidine rings is 1. The first-order valence-corrected chi connectivity index (χ1v) is 8.29. The minimum absolute atomic E-state index is 0.697. The van der Waals surface area contributed by atoms with E-state index >= 15 is 0 Å². The standard InChI is InChI=1S/C15H17BrN2S/c1-10-14(11-6-8-17-9-7-11)19-15(18-10)12-2-4-13(16)5-3-12/h2-5,11,17H,6-9H2,1H3. The summed E-state index contributed by atoms with van der Waals surface area (Å²) < 4.78 is 1.11. The molecular weight excluding hydrogens is 320 g/mol. The summed E-state index contributed by atoms with van der Waals surface area (Å²) in [5, 5.41) is 4.58. The molecule has 0 radical (unpaired) electrons. The summed E-state index contributed by atoms with van der Waals surface area (Å²) >= 11 is 5.35. The van der Waals surface area contributed by atoms with Gasteiger partial charge in [0.15, 0.2) is 0 Å². The Morgan fingerprint density at radius 1 is 1.21 bits per heavy atom. The molecule has 100 valence electrons. The Hall–Kier alpha value is -0.710. The summed E-state index contributed by atoms with van der Waals surface area (Å²) in [6.45, 7) is 4.42. The molecule has 1 aromatic heterocycles. The molecule has 0 amide bonds. The van der Waals surface area contributed by atoms with E-state index in [1.54, 1.807) is 0 Å². The van der Waals surface area contributed by atoms with Crippen LogP contribution in [0.4, 0.5) is 0 Å². The van der Waals surface area contributed by atoms with Crippen molar-refractivity contribution in [2.75, 3.05) is 13.1 Å². The second-order valence-electron chi connectivity index (χ2n) is 5.00. The first-order chi connectivity index (χ1) is 9.24. The zero-order valence-electron chi connectivity index (χ0n) is 10.9. The van der Waals surface area contributed by atoms with Crippen LogP contribution in [0.1, 0.15) is 29.3 Å². The number of nitrogens with one attached hydrogen (secondary N) is 1. The molecule has 0 spiro atoms. The molecule has 2 aromatic rings. The molecule has 0 atom stereocenters. The van der Waals surface area contributed by atoms with Gasteiger partial charge in [0.05, 0.1) is 5.69 Å². The molecule has 2 heterocycles. The third kappa shape index (κ3) is 2.91. The molecule has 1 aliphatic rings. The van der Waals surface area contributed by atoms with Crippen LogP contribution in [0.15, 0.2) is 28.7 Å². The van der Waals surface area contributed by atoms with Crippen molar-refractivity contribution in [1.29, 1.82) is 0 Å². The minimum Gasteiger partial charge on any atom is -0.317 e. The summed E-state index contributed by atoms with van der Waals surface area (Å²) in [5.41, 5.74) is 2.44. The molecule has 0 bridgehead atoms. The Labute approximate surface area is 126 Å². The molecule has 19 heavy (non-hydrogen) atoms. The van der Waals surface area contributed by atoms with Crippen molar-refractivity contribution in [2.24, 2.45) is 0 Å². The number of hydrogen-bond donors (Lipinski definition) is 1. The van der Waals surface area contributed by atoms with Gasteiger partial charge in [0.1, 0.15) is 5.01 Å². The van der Waals surface area contributed by atoms with Crippen LogP contribution in [0, 0.1) is 6.92 Å². The SMILES string of the molecule is Cc1nc(-c2ccc(Br)cc2)sc1C1CCNCC1. The van der Waals surface area contributed by atoms with Gasteiger partial charge in [0.25, 0.3) is 0 Å². The van der Waals surface area contributed by atoms with Crippen LogP contribution in [-0.4, -0.2) is 18.1 Å². The molecule has 3 rings (SSSR count). The number of thiazole rings is 1. The third-order valence-corrected chi connectivity index (χ3v) is 5.53. The highest BCUT2D eigenvalue weighted by Gasteiger charge is 2.20. The van der Waals surface area contributed by atoms with Crippen molar-refractivity contribution < 1.29 is 0 Å². The minimum atomic E-state index is 0.697. The molecular formula is C15H17BrN2S. The molecule has 1 saturated heterocycles. The molecule has 1 N–H and O–H groups in total. The maximum Gasteiger partial charge on any atom is 0.123 e. The summed E-state index contributed by atoms with van der Waals surface area (Å²) in [7, 11) is 0. The number of benzene rings is 1. The maximum atomic E-state index is 4.77. The van der Waals surface area contributed by atoms with E-state index in [1.165, 1.54) is 29.0 Å². The Balaban J connectivity index is 1.90. The topological polar surface area (TPSA) is 24.9 Å². The molecule has 1 aliphatic heterocycles. The third-order valence-electron chi connectivity index (χ3n) is 3.63. The van der Waals surface area contributed by atoms with E-state index in [9.17, 15) is 0 Å². The fourth-order valence-electron chi connectivity index (χ4n) is 2.59. The van der Waals surface area contributed by atoms with E-state index in [0.29, 0.717) is 5.92 Å². The Kier molecular flexibility index (Phi) is 4.01. The quantitative estimate of drug-likeness (QED) is 0.881. The molecule has 0 unspecified atom stereocenters. The van der Waals surface area contributed by atoms with Crippen molar-refractivity contribution in [3.8, 4) is 10.6 Å². The van der Waals surface area contributed by atoms with Gasteiger partial charge in [0, 0.05) is 14.9 Å². The smallest absolute Gasteiger partial charge is 0.123 e. The van der Waals surface area contributed by atoms with E-state index in [1.807, 2.05) is 11.3 Å². The fraction of sp³-hybridized carbons (Fsp3) is 0.400. The van der Waals surface area contributed by atoms with Gasteiger partial charge in [-0.2, -0.15) is 0 Å². The van der Waals surface area contributed by atoms with Crippen LogP contribution in [0.5, 0.6) is 0 Å². The lowest BCUT2D eigenvalue weighted by Crippen LogP contribution is -2.26. The highest BCUT2D eigenvalue weighted by atomic mass is 79.9. The average Bonchev–Trinajstić information content (AvgIpc) is 2.83. The van der Waals surface area contributed by atoms with Gasteiger partial charge < -0.3 is 5.32 Å². The lowest BCUT2D eigenvalue weighted by atomic mass is 9.96. The lowest BCUT2D eigenvalue weighted by Gasteiger charge is -2.21. The second kappa shape index (κ2) is 5.73. The number of rotatable bonds is 2. The maximum absolute atomic E-state index is 4.77. The Morgan fingerprint density at radius 3 is 2.58 bits per heavy atom.